The molecule has 0 spiro atoms. The van der Waals surface area contributed by atoms with Gasteiger partial charge in [-0.1, -0.05) is 6.08 Å². The van der Waals surface area contributed by atoms with E-state index in [9.17, 15) is 0 Å². The summed E-state index contributed by atoms with van der Waals surface area (Å²) in [6, 6.07) is 0. The average Bonchev–Trinajstić information content (AvgIpc) is 2.34. The lowest BCUT2D eigenvalue weighted by molar-refractivity contribution is -0.0683. The van der Waals surface area contributed by atoms with Crippen molar-refractivity contribution in [3.63, 3.8) is 0 Å². The van der Waals surface area contributed by atoms with Gasteiger partial charge in [0.05, 0.1) is 12.9 Å². The molecule has 0 amide bonds. The summed E-state index contributed by atoms with van der Waals surface area (Å²) in [6.45, 7) is 2.77. The molecule has 0 aromatic heterocycles. The predicted molar refractivity (Wildman–Crippen MR) is 34.9 cm³/mol. The van der Waals surface area contributed by atoms with Crippen LogP contribution in [0.3, 0.4) is 0 Å². The van der Waals surface area contributed by atoms with Crippen LogP contribution in [-0.4, -0.2) is 12.9 Å². The van der Waals surface area contributed by atoms with Crippen LogP contribution in [0.5, 0.6) is 0 Å². The molecule has 2 heteroatoms. The second kappa shape index (κ2) is 3.51. The lowest BCUT2D eigenvalue weighted by Gasteiger charge is -2.06. The van der Waals surface area contributed by atoms with Gasteiger partial charge >= 0.3 is 0 Å². The van der Waals surface area contributed by atoms with E-state index in [0.29, 0.717) is 0 Å². The molecule has 1 atom stereocenters. The van der Waals surface area contributed by atoms with Gasteiger partial charge in [-0.15, -0.1) is 0 Å². The maximum Gasteiger partial charge on any atom is 0.198 e. The fraction of sp³-hybridized carbons (Fsp3) is 0.714. The van der Waals surface area contributed by atoms with Crippen LogP contribution in [0, 0.1) is 0 Å². The molecule has 1 aliphatic rings. The second-order valence-corrected chi connectivity index (χ2v) is 2.05. The standard InChI is InChI=1S/C7H12O2/c1-2-5-8-7-4-3-6-9-7/h2,5,7H,3-4,6H2,1H3. The molecule has 1 saturated heterocycles. The maximum atomic E-state index is 5.18. The van der Waals surface area contributed by atoms with Crippen molar-refractivity contribution in [3.8, 4) is 0 Å². The van der Waals surface area contributed by atoms with Crippen molar-refractivity contribution in [2.24, 2.45) is 0 Å². The van der Waals surface area contributed by atoms with Crippen LogP contribution in [0.1, 0.15) is 19.8 Å². The molecule has 9 heavy (non-hydrogen) atoms. The number of rotatable bonds is 2. The molecule has 1 fully saturated rings. The Morgan fingerprint density at radius 2 is 2.56 bits per heavy atom. The molecular weight excluding hydrogens is 116 g/mol. The molecular formula is C7H12O2. The van der Waals surface area contributed by atoms with Crippen molar-refractivity contribution in [2.45, 2.75) is 26.1 Å². The van der Waals surface area contributed by atoms with Gasteiger partial charge in [-0.3, -0.25) is 0 Å². The third-order valence-corrected chi connectivity index (χ3v) is 1.25. The fourth-order valence-electron chi connectivity index (χ4n) is 0.822. The molecule has 1 rings (SSSR count). The Morgan fingerprint density at radius 1 is 1.67 bits per heavy atom. The zero-order valence-corrected chi connectivity index (χ0v) is 5.67. The molecule has 0 aliphatic carbocycles. The first kappa shape index (κ1) is 6.62. The minimum atomic E-state index is 0.0289. The van der Waals surface area contributed by atoms with Gasteiger partial charge in [0.2, 0.25) is 0 Å². The van der Waals surface area contributed by atoms with Crippen molar-refractivity contribution >= 4 is 0 Å². The van der Waals surface area contributed by atoms with Crippen molar-refractivity contribution in [1.29, 1.82) is 0 Å². The summed E-state index contributed by atoms with van der Waals surface area (Å²) in [5.74, 6) is 0. The smallest absolute Gasteiger partial charge is 0.198 e. The Hall–Kier alpha value is -0.500. The second-order valence-electron chi connectivity index (χ2n) is 2.05. The summed E-state index contributed by atoms with van der Waals surface area (Å²) in [6.07, 6.45) is 5.73. The monoisotopic (exact) mass is 128 g/mol. The van der Waals surface area contributed by atoms with Crippen molar-refractivity contribution in [3.05, 3.63) is 12.3 Å². The minimum Gasteiger partial charge on any atom is -0.473 e. The molecule has 1 aliphatic heterocycles. The van der Waals surface area contributed by atoms with Gasteiger partial charge in [0.15, 0.2) is 6.29 Å². The summed E-state index contributed by atoms with van der Waals surface area (Å²) in [7, 11) is 0. The van der Waals surface area contributed by atoms with Gasteiger partial charge < -0.3 is 9.47 Å². The quantitative estimate of drug-likeness (QED) is 0.527. The normalized spacial score (nSPS) is 27.4. The van der Waals surface area contributed by atoms with Gasteiger partial charge in [-0.25, -0.2) is 0 Å². The van der Waals surface area contributed by atoms with E-state index in [4.69, 9.17) is 9.47 Å². The molecule has 2 nitrogen and oxygen atoms in total. The fourth-order valence-corrected chi connectivity index (χ4v) is 0.822. The van der Waals surface area contributed by atoms with Crippen LogP contribution in [0.4, 0.5) is 0 Å². The van der Waals surface area contributed by atoms with Crippen molar-refractivity contribution in [1.82, 2.24) is 0 Å². The Kier molecular flexibility index (Phi) is 2.58. The van der Waals surface area contributed by atoms with Crippen LogP contribution >= 0.6 is 0 Å². The van der Waals surface area contributed by atoms with Gasteiger partial charge in [0, 0.05) is 6.42 Å². The van der Waals surface area contributed by atoms with Gasteiger partial charge in [-0.05, 0) is 13.3 Å². The van der Waals surface area contributed by atoms with Crippen LogP contribution < -0.4 is 0 Å². The number of allylic oxidation sites excluding steroid dienone is 1. The number of ether oxygens (including phenoxy) is 2. The molecule has 1 heterocycles. The first-order chi connectivity index (χ1) is 4.43. The zero-order valence-electron chi connectivity index (χ0n) is 5.67. The maximum absolute atomic E-state index is 5.18. The highest BCUT2D eigenvalue weighted by Crippen LogP contribution is 2.12. The van der Waals surface area contributed by atoms with E-state index in [0.717, 1.165) is 19.4 Å². The lowest BCUT2D eigenvalue weighted by Crippen LogP contribution is -2.05. The number of hydrogen-bond donors (Lipinski definition) is 0. The SMILES string of the molecule is CC=COC1CCCO1. The van der Waals surface area contributed by atoms with Gasteiger partial charge in [0.1, 0.15) is 0 Å². The van der Waals surface area contributed by atoms with Crippen LogP contribution in [0.15, 0.2) is 12.3 Å². The minimum absolute atomic E-state index is 0.0289. The lowest BCUT2D eigenvalue weighted by atomic mass is 10.4. The van der Waals surface area contributed by atoms with Gasteiger partial charge in [-0.2, -0.15) is 0 Å². The Bertz CT molecular complexity index is 93.1. The molecule has 0 bridgehead atoms. The van der Waals surface area contributed by atoms with E-state index in [1.807, 2.05) is 13.0 Å². The first-order valence-corrected chi connectivity index (χ1v) is 3.31. The van der Waals surface area contributed by atoms with Gasteiger partial charge in [0.25, 0.3) is 0 Å². The highest BCUT2D eigenvalue weighted by Gasteiger charge is 2.13. The zero-order chi connectivity index (χ0) is 6.53. The largest absolute Gasteiger partial charge is 0.473 e. The van der Waals surface area contributed by atoms with E-state index in [-0.39, 0.29) is 6.29 Å². The van der Waals surface area contributed by atoms with E-state index in [1.54, 1.807) is 6.26 Å². The average molecular weight is 128 g/mol. The van der Waals surface area contributed by atoms with Crippen molar-refractivity contribution < 1.29 is 9.47 Å². The third-order valence-electron chi connectivity index (χ3n) is 1.25. The molecule has 0 radical (unpaired) electrons. The van der Waals surface area contributed by atoms with E-state index in [2.05, 4.69) is 0 Å². The molecule has 1 unspecified atom stereocenters. The molecule has 0 aromatic rings. The molecule has 0 N–H and O–H groups in total. The van der Waals surface area contributed by atoms with Crippen LogP contribution in [0.25, 0.3) is 0 Å². The predicted octanol–water partition coefficient (Wildman–Crippen LogP) is 1.67. The highest BCUT2D eigenvalue weighted by molar-refractivity contribution is 4.67. The Balaban J connectivity index is 2.11. The summed E-state index contributed by atoms with van der Waals surface area (Å²) < 4.78 is 10.3. The van der Waals surface area contributed by atoms with Crippen LogP contribution in [-0.2, 0) is 9.47 Å². The molecule has 0 aromatic carbocycles. The van der Waals surface area contributed by atoms with Crippen LogP contribution in [0.2, 0.25) is 0 Å². The Morgan fingerprint density at radius 3 is 3.11 bits per heavy atom. The van der Waals surface area contributed by atoms with E-state index >= 15 is 0 Å². The van der Waals surface area contributed by atoms with Crippen molar-refractivity contribution in [2.75, 3.05) is 6.61 Å². The molecule has 0 saturated carbocycles. The first-order valence-electron chi connectivity index (χ1n) is 3.31. The topological polar surface area (TPSA) is 18.5 Å². The highest BCUT2D eigenvalue weighted by atomic mass is 16.7. The third kappa shape index (κ3) is 2.06. The summed E-state index contributed by atoms with van der Waals surface area (Å²) in [4.78, 5) is 0. The summed E-state index contributed by atoms with van der Waals surface area (Å²) in [5.41, 5.74) is 0. The molecule has 52 valence electrons. The summed E-state index contributed by atoms with van der Waals surface area (Å²) in [5, 5.41) is 0. The van der Waals surface area contributed by atoms with E-state index < -0.39 is 0 Å². The summed E-state index contributed by atoms with van der Waals surface area (Å²) >= 11 is 0. The van der Waals surface area contributed by atoms with E-state index in [1.165, 1.54) is 0 Å². The Labute approximate surface area is 55.5 Å². The number of hydrogen-bond acceptors (Lipinski definition) is 2.